The SMILES string of the molecule is Clc1ccc(C(CI)OC2CCCC2)cc1. The van der Waals surface area contributed by atoms with E-state index < -0.39 is 0 Å². The highest BCUT2D eigenvalue weighted by Gasteiger charge is 2.20. The Kier molecular flexibility index (Phi) is 4.92. The molecule has 1 nitrogen and oxygen atoms in total. The fraction of sp³-hybridized carbons (Fsp3) is 0.538. The first-order valence-corrected chi connectivity index (χ1v) is 7.67. The second-order valence-corrected chi connectivity index (χ2v) is 5.55. The molecule has 1 aliphatic carbocycles. The van der Waals surface area contributed by atoms with Gasteiger partial charge in [-0.25, -0.2) is 0 Å². The molecule has 0 bridgehead atoms. The Labute approximate surface area is 116 Å². The first-order chi connectivity index (χ1) is 7.79. The summed E-state index contributed by atoms with van der Waals surface area (Å²) in [7, 11) is 0. The van der Waals surface area contributed by atoms with Gasteiger partial charge in [0.1, 0.15) is 0 Å². The van der Waals surface area contributed by atoms with Crippen LogP contribution in [0.4, 0.5) is 0 Å². The third-order valence-electron chi connectivity index (χ3n) is 3.04. The molecule has 1 saturated carbocycles. The summed E-state index contributed by atoms with van der Waals surface area (Å²) in [5, 5.41) is 0.789. The largest absolute Gasteiger partial charge is 0.369 e. The fourth-order valence-electron chi connectivity index (χ4n) is 2.14. The number of rotatable bonds is 4. The van der Waals surface area contributed by atoms with Gasteiger partial charge in [-0.05, 0) is 30.5 Å². The molecule has 0 spiro atoms. The highest BCUT2D eigenvalue weighted by Crippen LogP contribution is 2.29. The van der Waals surface area contributed by atoms with E-state index in [9.17, 15) is 0 Å². The minimum absolute atomic E-state index is 0.223. The zero-order valence-corrected chi connectivity index (χ0v) is 12.1. The Hall–Kier alpha value is 0.200. The number of halogens is 2. The molecule has 2 rings (SSSR count). The van der Waals surface area contributed by atoms with Crippen LogP contribution in [-0.4, -0.2) is 10.5 Å². The lowest BCUT2D eigenvalue weighted by Gasteiger charge is -2.20. The van der Waals surface area contributed by atoms with Crippen molar-refractivity contribution >= 4 is 34.2 Å². The molecule has 0 amide bonds. The van der Waals surface area contributed by atoms with Crippen molar-refractivity contribution in [1.82, 2.24) is 0 Å². The molecule has 1 aliphatic rings. The molecule has 1 aromatic carbocycles. The van der Waals surface area contributed by atoms with Crippen molar-refractivity contribution in [2.75, 3.05) is 4.43 Å². The Bertz CT molecular complexity index is 319. The van der Waals surface area contributed by atoms with E-state index >= 15 is 0 Å². The van der Waals surface area contributed by atoms with Gasteiger partial charge in [0.15, 0.2) is 0 Å². The Balaban J connectivity index is 2.00. The van der Waals surface area contributed by atoms with Gasteiger partial charge in [-0.2, -0.15) is 0 Å². The predicted octanol–water partition coefficient (Wildman–Crippen LogP) is 4.78. The maximum Gasteiger partial charge on any atom is 0.0918 e. The maximum absolute atomic E-state index is 6.14. The average molecular weight is 351 g/mol. The molecule has 0 heterocycles. The monoisotopic (exact) mass is 350 g/mol. The van der Waals surface area contributed by atoms with Crippen molar-refractivity contribution in [3.8, 4) is 0 Å². The summed E-state index contributed by atoms with van der Waals surface area (Å²) in [5.41, 5.74) is 1.24. The highest BCUT2D eigenvalue weighted by atomic mass is 127. The van der Waals surface area contributed by atoms with Gasteiger partial charge in [-0.1, -0.05) is 59.2 Å². The lowest BCUT2D eigenvalue weighted by atomic mass is 10.1. The van der Waals surface area contributed by atoms with Gasteiger partial charge in [-0.3, -0.25) is 0 Å². The van der Waals surface area contributed by atoms with E-state index in [0.717, 1.165) is 9.45 Å². The van der Waals surface area contributed by atoms with Crippen molar-refractivity contribution in [2.45, 2.75) is 37.9 Å². The van der Waals surface area contributed by atoms with Crippen LogP contribution in [0.1, 0.15) is 37.4 Å². The molecule has 88 valence electrons. The average Bonchev–Trinajstić information content (AvgIpc) is 2.80. The molecule has 0 radical (unpaired) electrons. The second kappa shape index (κ2) is 6.22. The van der Waals surface area contributed by atoms with Gasteiger partial charge in [-0.15, -0.1) is 0 Å². The normalized spacial score (nSPS) is 18.9. The van der Waals surface area contributed by atoms with E-state index in [1.807, 2.05) is 12.1 Å². The molecular formula is C13H16ClIO. The molecule has 0 saturated heterocycles. The Morgan fingerprint density at radius 3 is 2.44 bits per heavy atom. The van der Waals surface area contributed by atoms with E-state index in [-0.39, 0.29) is 6.10 Å². The molecule has 1 atom stereocenters. The standard InChI is InChI=1S/C13H16ClIO/c14-11-7-5-10(6-8-11)13(9-15)16-12-3-1-2-4-12/h5-8,12-13H,1-4,9H2. The van der Waals surface area contributed by atoms with Crippen LogP contribution in [0, 0.1) is 0 Å². The molecule has 3 heteroatoms. The van der Waals surface area contributed by atoms with Crippen molar-refractivity contribution in [3.63, 3.8) is 0 Å². The van der Waals surface area contributed by atoms with Crippen LogP contribution in [0.25, 0.3) is 0 Å². The quantitative estimate of drug-likeness (QED) is 0.561. The predicted molar refractivity (Wildman–Crippen MR) is 76.4 cm³/mol. The minimum atomic E-state index is 0.223. The first-order valence-electron chi connectivity index (χ1n) is 5.76. The van der Waals surface area contributed by atoms with Crippen LogP contribution in [0.2, 0.25) is 5.02 Å². The van der Waals surface area contributed by atoms with Crippen LogP contribution in [0.3, 0.4) is 0 Å². The first kappa shape index (κ1) is 12.7. The zero-order chi connectivity index (χ0) is 11.4. The van der Waals surface area contributed by atoms with Gasteiger partial charge >= 0.3 is 0 Å². The Morgan fingerprint density at radius 1 is 1.25 bits per heavy atom. The topological polar surface area (TPSA) is 9.23 Å². The molecule has 1 fully saturated rings. The van der Waals surface area contributed by atoms with Crippen LogP contribution < -0.4 is 0 Å². The van der Waals surface area contributed by atoms with Crippen LogP contribution in [0.15, 0.2) is 24.3 Å². The van der Waals surface area contributed by atoms with E-state index in [2.05, 4.69) is 34.7 Å². The molecule has 0 aliphatic heterocycles. The fourth-order valence-corrected chi connectivity index (χ4v) is 2.98. The molecular weight excluding hydrogens is 334 g/mol. The summed E-state index contributed by atoms with van der Waals surface area (Å²) < 4.78 is 7.13. The smallest absolute Gasteiger partial charge is 0.0918 e. The summed E-state index contributed by atoms with van der Waals surface area (Å²) in [6.07, 6.45) is 5.77. The summed E-state index contributed by atoms with van der Waals surface area (Å²) >= 11 is 8.28. The van der Waals surface area contributed by atoms with E-state index in [1.165, 1.54) is 31.2 Å². The van der Waals surface area contributed by atoms with Crippen LogP contribution in [-0.2, 0) is 4.74 Å². The van der Waals surface area contributed by atoms with Crippen molar-refractivity contribution in [2.24, 2.45) is 0 Å². The molecule has 1 aromatic rings. The summed E-state index contributed by atoms with van der Waals surface area (Å²) in [4.78, 5) is 0. The number of alkyl halides is 1. The maximum atomic E-state index is 6.14. The molecule has 0 N–H and O–H groups in total. The van der Waals surface area contributed by atoms with E-state index in [0.29, 0.717) is 6.10 Å². The lowest BCUT2D eigenvalue weighted by Crippen LogP contribution is -2.14. The number of ether oxygens (including phenoxy) is 1. The number of benzene rings is 1. The zero-order valence-electron chi connectivity index (χ0n) is 9.16. The minimum Gasteiger partial charge on any atom is -0.369 e. The summed E-state index contributed by atoms with van der Waals surface area (Å²) in [6.45, 7) is 0. The van der Waals surface area contributed by atoms with E-state index in [4.69, 9.17) is 16.3 Å². The second-order valence-electron chi connectivity index (χ2n) is 4.24. The van der Waals surface area contributed by atoms with Crippen LogP contribution in [0.5, 0.6) is 0 Å². The van der Waals surface area contributed by atoms with Crippen molar-refractivity contribution < 1.29 is 4.74 Å². The molecule has 1 unspecified atom stereocenters. The van der Waals surface area contributed by atoms with Gasteiger partial charge < -0.3 is 4.74 Å². The summed E-state index contributed by atoms with van der Waals surface area (Å²) in [5.74, 6) is 0. The van der Waals surface area contributed by atoms with Crippen molar-refractivity contribution in [3.05, 3.63) is 34.9 Å². The van der Waals surface area contributed by atoms with Crippen molar-refractivity contribution in [1.29, 1.82) is 0 Å². The third-order valence-corrected chi connectivity index (χ3v) is 4.09. The third kappa shape index (κ3) is 3.34. The van der Waals surface area contributed by atoms with Gasteiger partial charge in [0.25, 0.3) is 0 Å². The van der Waals surface area contributed by atoms with E-state index in [1.54, 1.807) is 0 Å². The highest BCUT2D eigenvalue weighted by molar-refractivity contribution is 14.1. The van der Waals surface area contributed by atoms with Crippen LogP contribution >= 0.6 is 34.2 Å². The number of hydrogen-bond acceptors (Lipinski definition) is 1. The van der Waals surface area contributed by atoms with Gasteiger partial charge in [0.05, 0.1) is 12.2 Å². The summed E-state index contributed by atoms with van der Waals surface area (Å²) in [6, 6.07) is 8.02. The molecule has 0 aromatic heterocycles. The van der Waals surface area contributed by atoms with Gasteiger partial charge in [0, 0.05) is 9.45 Å². The lowest BCUT2D eigenvalue weighted by molar-refractivity contribution is 0.00526. The van der Waals surface area contributed by atoms with Gasteiger partial charge in [0.2, 0.25) is 0 Å². The molecule has 16 heavy (non-hydrogen) atoms. The Morgan fingerprint density at radius 2 is 1.88 bits per heavy atom. The number of hydrogen-bond donors (Lipinski definition) is 0.